The predicted octanol–water partition coefficient (Wildman–Crippen LogP) is 3.94. The lowest BCUT2D eigenvalue weighted by molar-refractivity contribution is 0.121. The van der Waals surface area contributed by atoms with Crippen LogP contribution >= 0.6 is 0 Å². The molecule has 0 amide bonds. The number of hydrogen-bond donors (Lipinski definition) is 1. The topological polar surface area (TPSA) is 68.1 Å². The number of aromatic nitrogens is 3. The van der Waals surface area contributed by atoms with E-state index in [1.807, 2.05) is 19.3 Å². The number of nitrogens with zero attached hydrogens (tertiary/aromatic N) is 3. The monoisotopic (exact) mass is 367 g/mol. The molecule has 5 heteroatoms. The summed E-state index contributed by atoms with van der Waals surface area (Å²) in [6.07, 6.45) is 9.57. The average Bonchev–Trinajstić information content (AvgIpc) is 3.47. The van der Waals surface area contributed by atoms with Crippen LogP contribution in [-0.4, -0.2) is 32.8 Å². The van der Waals surface area contributed by atoms with E-state index in [9.17, 15) is 5.11 Å². The van der Waals surface area contributed by atoms with Gasteiger partial charge in [0.2, 0.25) is 5.88 Å². The number of aliphatic hydroxyl groups is 1. The second-order valence-electron chi connectivity index (χ2n) is 8.04. The van der Waals surface area contributed by atoms with Gasteiger partial charge in [0.15, 0.2) is 0 Å². The highest BCUT2D eigenvalue weighted by Crippen LogP contribution is 2.47. The van der Waals surface area contributed by atoms with Gasteiger partial charge in [0.05, 0.1) is 12.7 Å². The van der Waals surface area contributed by atoms with Gasteiger partial charge in [0.25, 0.3) is 0 Å². The second-order valence-corrected chi connectivity index (χ2v) is 8.04. The summed E-state index contributed by atoms with van der Waals surface area (Å²) < 4.78 is 6.18. The van der Waals surface area contributed by atoms with E-state index in [0.717, 1.165) is 55.8 Å². The van der Waals surface area contributed by atoms with Crippen LogP contribution < -0.4 is 4.74 Å². The second kappa shape index (κ2) is 7.93. The first kappa shape index (κ1) is 18.4. The maximum absolute atomic E-state index is 9.77. The van der Waals surface area contributed by atoms with Crippen LogP contribution in [0.25, 0.3) is 0 Å². The van der Waals surface area contributed by atoms with E-state index in [-0.39, 0.29) is 6.10 Å². The van der Waals surface area contributed by atoms with Gasteiger partial charge in [0.1, 0.15) is 5.82 Å². The van der Waals surface area contributed by atoms with Crippen LogP contribution in [0.1, 0.15) is 73.5 Å². The van der Waals surface area contributed by atoms with Crippen LogP contribution in [0.2, 0.25) is 0 Å². The number of ether oxygens (including phenoxy) is 1. The fourth-order valence-electron chi connectivity index (χ4n) is 4.09. The van der Waals surface area contributed by atoms with E-state index >= 15 is 0 Å². The SMILES string of the molecule is CCc1ccc([C@@H]2C[C@@H]2COc2nc(C)ncc2[C@H]2CC[C@H](O)CC2)nc1. The lowest BCUT2D eigenvalue weighted by atomic mass is 9.83. The molecule has 27 heavy (non-hydrogen) atoms. The summed E-state index contributed by atoms with van der Waals surface area (Å²) in [5.41, 5.74) is 3.57. The summed E-state index contributed by atoms with van der Waals surface area (Å²) in [5.74, 6) is 2.90. The van der Waals surface area contributed by atoms with E-state index in [1.165, 1.54) is 11.3 Å². The Morgan fingerprint density at radius 3 is 2.63 bits per heavy atom. The number of aryl methyl sites for hydroxylation is 2. The van der Waals surface area contributed by atoms with Crippen LogP contribution in [0.4, 0.5) is 0 Å². The smallest absolute Gasteiger partial charge is 0.220 e. The van der Waals surface area contributed by atoms with Gasteiger partial charge < -0.3 is 9.84 Å². The summed E-state index contributed by atoms with van der Waals surface area (Å²) >= 11 is 0. The van der Waals surface area contributed by atoms with E-state index in [4.69, 9.17) is 4.74 Å². The predicted molar refractivity (Wildman–Crippen MR) is 104 cm³/mol. The van der Waals surface area contributed by atoms with E-state index in [0.29, 0.717) is 24.4 Å². The van der Waals surface area contributed by atoms with Gasteiger partial charge in [-0.1, -0.05) is 13.0 Å². The average molecular weight is 367 g/mol. The maximum atomic E-state index is 9.77. The molecule has 2 heterocycles. The molecule has 1 N–H and O–H groups in total. The molecule has 0 spiro atoms. The molecule has 0 aliphatic heterocycles. The molecule has 0 bridgehead atoms. The van der Waals surface area contributed by atoms with E-state index in [2.05, 4.69) is 34.0 Å². The third-order valence-corrected chi connectivity index (χ3v) is 6.03. The largest absolute Gasteiger partial charge is 0.477 e. The van der Waals surface area contributed by atoms with Crippen molar-refractivity contribution in [3.05, 3.63) is 47.2 Å². The molecule has 2 atom stereocenters. The van der Waals surface area contributed by atoms with Crippen LogP contribution in [0.15, 0.2) is 24.5 Å². The molecule has 4 rings (SSSR count). The molecule has 144 valence electrons. The Balaban J connectivity index is 1.39. The highest BCUT2D eigenvalue weighted by Gasteiger charge is 2.40. The zero-order valence-electron chi connectivity index (χ0n) is 16.3. The first-order valence-electron chi connectivity index (χ1n) is 10.2. The van der Waals surface area contributed by atoms with Crippen LogP contribution in [0.5, 0.6) is 5.88 Å². The molecule has 0 aromatic carbocycles. The van der Waals surface area contributed by atoms with E-state index < -0.39 is 0 Å². The minimum atomic E-state index is -0.157. The Hall–Kier alpha value is -2.01. The Kier molecular flexibility index (Phi) is 5.39. The Bertz CT molecular complexity index is 770. The molecule has 2 aromatic rings. The summed E-state index contributed by atoms with van der Waals surface area (Å²) in [6.45, 7) is 4.74. The van der Waals surface area contributed by atoms with Crippen LogP contribution in [-0.2, 0) is 6.42 Å². The quantitative estimate of drug-likeness (QED) is 0.837. The van der Waals surface area contributed by atoms with Crippen LogP contribution in [0.3, 0.4) is 0 Å². The van der Waals surface area contributed by atoms with Crippen LogP contribution in [0, 0.1) is 12.8 Å². The number of hydrogen-bond acceptors (Lipinski definition) is 5. The fourth-order valence-corrected chi connectivity index (χ4v) is 4.09. The molecule has 0 unspecified atom stereocenters. The summed E-state index contributed by atoms with van der Waals surface area (Å²) in [7, 11) is 0. The lowest BCUT2D eigenvalue weighted by Gasteiger charge is -2.26. The van der Waals surface area contributed by atoms with Crippen molar-refractivity contribution in [2.45, 2.75) is 70.3 Å². The molecular weight excluding hydrogens is 338 g/mol. The molecule has 0 saturated heterocycles. The number of aliphatic hydroxyl groups excluding tert-OH is 1. The molecular formula is C22H29N3O2. The normalized spacial score (nSPS) is 27.4. The van der Waals surface area contributed by atoms with Crippen molar-refractivity contribution in [2.24, 2.45) is 5.92 Å². The van der Waals surface area contributed by atoms with Crippen molar-refractivity contribution in [3.8, 4) is 5.88 Å². The molecule has 2 aliphatic rings. The first-order valence-corrected chi connectivity index (χ1v) is 10.2. The molecule has 0 radical (unpaired) electrons. The van der Waals surface area contributed by atoms with Gasteiger partial charge in [-0.3, -0.25) is 4.98 Å². The maximum Gasteiger partial charge on any atom is 0.220 e. The van der Waals surface area contributed by atoms with Gasteiger partial charge in [-0.2, -0.15) is 4.98 Å². The molecule has 2 saturated carbocycles. The molecule has 2 aromatic heterocycles. The molecule has 2 fully saturated rings. The number of rotatable bonds is 6. The van der Waals surface area contributed by atoms with Crippen molar-refractivity contribution in [1.29, 1.82) is 0 Å². The van der Waals surface area contributed by atoms with Gasteiger partial charge in [-0.15, -0.1) is 0 Å². The Morgan fingerprint density at radius 2 is 1.93 bits per heavy atom. The van der Waals surface area contributed by atoms with Gasteiger partial charge in [-0.05, 0) is 63.0 Å². The third kappa shape index (κ3) is 4.29. The minimum Gasteiger partial charge on any atom is -0.477 e. The molecule has 5 nitrogen and oxygen atoms in total. The van der Waals surface area contributed by atoms with Gasteiger partial charge in [0, 0.05) is 35.5 Å². The van der Waals surface area contributed by atoms with Crippen molar-refractivity contribution < 1.29 is 9.84 Å². The minimum absolute atomic E-state index is 0.157. The van der Waals surface area contributed by atoms with Crippen molar-refractivity contribution in [1.82, 2.24) is 15.0 Å². The van der Waals surface area contributed by atoms with Gasteiger partial charge in [-0.25, -0.2) is 4.98 Å². The summed E-state index contributed by atoms with van der Waals surface area (Å²) in [4.78, 5) is 13.6. The Labute approximate surface area is 161 Å². The molecule has 2 aliphatic carbocycles. The first-order chi connectivity index (χ1) is 13.1. The highest BCUT2D eigenvalue weighted by molar-refractivity contribution is 5.29. The standard InChI is InChI=1S/C22H29N3O2/c1-3-15-4-9-21(24-11-15)19-10-17(19)13-27-22-20(12-23-14(2)25-22)16-5-7-18(26)8-6-16/h4,9,11-12,16-19,26H,3,5-8,10,13H2,1-2H3/t16-,17-,18-,19-/m1/s1. The number of pyridine rings is 1. The zero-order chi connectivity index (χ0) is 18.8. The van der Waals surface area contributed by atoms with Crippen molar-refractivity contribution in [3.63, 3.8) is 0 Å². The summed E-state index contributed by atoms with van der Waals surface area (Å²) in [5, 5.41) is 9.77. The fraction of sp³-hybridized carbons (Fsp3) is 0.591. The van der Waals surface area contributed by atoms with Crippen molar-refractivity contribution >= 4 is 0 Å². The zero-order valence-corrected chi connectivity index (χ0v) is 16.3. The van der Waals surface area contributed by atoms with Crippen molar-refractivity contribution in [2.75, 3.05) is 6.61 Å². The van der Waals surface area contributed by atoms with Gasteiger partial charge >= 0.3 is 0 Å². The highest BCUT2D eigenvalue weighted by atomic mass is 16.5. The third-order valence-electron chi connectivity index (χ3n) is 6.03. The summed E-state index contributed by atoms with van der Waals surface area (Å²) in [6, 6.07) is 4.35. The lowest BCUT2D eigenvalue weighted by Crippen LogP contribution is -2.18. The van der Waals surface area contributed by atoms with E-state index in [1.54, 1.807) is 0 Å². The Morgan fingerprint density at radius 1 is 1.11 bits per heavy atom.